The summed E-state index contributed by atoms with van der Waals surface area (Å²) in [4.78, 5) is 12.4. The van der Waals surface area contributed by atoms with E-state index in [1.807, 2.05) is 0 Å². The summed E-state index contributed by atoms with van der Waals surface area (Å²) in [6.45, 7) is 0.951. The highest BCUT2D eigenvalue weighted by Gasteiger charge is 2.34. The molecule has 2 heterocycles. The van der Waals surface area contributed by atoms with Crippen molar-refractivity contribution in [3.8, 4) is 11.3 Å². The van der Waals surface area contributed by atoms with E-state index >= 15 is 0 Å². The fourth-order valence-electron chi connectivity index (χ4n) is 3.62. The van der Waals surface area contributed by atoms with Crippen LogP contribution in [-0.2, 0) is 0 Å². The Morgan fingerprint density at radius 1 is 1.17 bits per heavy atom. The second-order valence-electron chi connectivity index (χ2n) is 6.55. The molecule has 1 aromatic heterocycles. The molecule has 3 unspecified atom stereocenters. The lowest BCUT2D eigenvalue weighted by Crippen LogP contribution is -2.44. The van der Waals surface area contributed by atoms with Gasteiger partial charge in [-0.2, -0.15) is 0 Å². The van der Waals surface area contributed by atoms with Crippen molar-refractivity contribution in [2.45, 2.75) is 31.3 Å². The largest absolute Gasteiger partial charge is 0.451 e. The average molecular weight is 329 g/mol. The maximum Gasteiger partial charge on any atom is 0.287 e. The van der Waals surface area contributed by atoms with Crippen molar-refractivity contribution >= 4 is 5.91 Å². The first-order valence-corrected chi connectivity index (χ1v) is 8.34. The van der Waals surface area contributed by atoms with Gasteiger partial charge in [-0.05, 0) is 61.6 Å². The summed E-state index contributed by atoms with van der Waals surface area (Å²) in [6, 6.07) is 10.1. The lowest BCUT2D eigenvalue weighted by molar-refractivity contribution is 0.0891. The summed E-state index contributed by atoms with van der Waals surface area (Å²) < 4.78 is 18.6. The molecule has 3 N–H and O–H groups in total. The van der Waals surface area contributed by atoms with Gasteiger partial charge >= 0.3 is 0 Å². The van der Waals surface area contributed by atoms with Crippen LogP contribution in [0.2, 0.25) is 0 Å². The Morgan fingerprint density at radius 2 is 2.00 bits per heavy atom. The molecule has 0 spiro atoms. The summed E-state index contributed by atoms with van der Waals surface area (Å²) in [6.07, 6.45) is 3.00. The van der Waals surface area contributed by atoms with Gasteiger partial charge in [0, 0.05) is 24.2 Å². The fourth-order valence-corrected chi connectivity index (χ4v) is 3.62. The highest BCUT2D eigenvalue weighted by Crippen LogP contribution is 2.27. The fraction of sp³-hybridized carbons (Fsp3) is 0.389. The van der Waals surface area contributed by atoms with Crippen LogP contribution in [-0.4, -0.2) is 24.5 Å². The number of hydrazine groups is 1. The number of amides is 1. The Bertz CT molecular complexity index is 728. The standard InChI is InChI=1S/C18H20FN3O2/c19-13-3-1-11(2-4-13)16-7-8-17(24-16)18(23)21-14-5-6-15-12(9-14)10-20-22-15/h1-4,7-8,12,14-15,20,22H,5-6,9-10H2,(H,21,23). The molecule has 1 aromatic carbocycles. The predicted molar refractivity (Wildman–Crippen MR) is 87.6 cm³/mol. The molecule has 4 rings (SSSR count). The molecule has 1 aliphatic heterocycles. The van der Waals surface area contributed by atoms with E-state index in [9.17, 15) is 9.18 Å². The van der Waals surface area contributed by atoms with Gasteiger partial charge in [0.25, 0.3) is 5.91 Å². The molecule has 1 aliphatic carbocycles. The van der Waals surface area contributed by atoms with Gasteiger partial charge in [-0.3, -0.25) is 15.6 Å². The SMILES string of the molecule is O=C(NC1CCC2NNCC2C1)c1ccc(-c2ccc(F)cc2)o1. The van der Waals surface area contributed by atoms with Crippen LogP contribution in [0.25, 0.3) is 11.3 Å². The van der Waals surface area contributed by atoms with Crippen LogP contribution in [0.3, 0.4) is 0 Å². The lowest BCUT2D eigenvalue weighted by Gasteiger charge is -2.30. The molecule has 1 saturated heterocycles. The molecule has 3 atom stereocenters. The molecule has 2 fully saturated rings. The summed E-state index contributed by atoms with van der Waals surface area (Å²) in [7, 11) is 0. The molecule has 24 heavy (non-hydrogen) atoms. The van der Waals surface area contributed by atoms with Gasteiger partial charge in [0.1, 0.15) is 11.6 Å². The quantitative estimate of drug-likeness (QED) is 0.809. The van der Waals surface area contributed by atoms with E-state index in [1.54, 1.807) is 24.3 Å². The third-order valence-electron chi connectivity index (χ3n) is 4.93. The Balaban J connectivity index is 1.41. The molecule has 6 heteroatoms. The second kappa shape index (κ2) is 6.37. The Kier molecular flexibility index (Phi) is 4.08. The van der Waals surface area contributed by atoms with Crippen LogP contribution in [0.15, 0.2) is 40.8 Å². The molecule has 1 saturated carbocycles. The monoisotopic (exact) mass is 329 g/mol. The zero-order chi connectivity index (χ0) is 16.5. The zero-order valence-corrected chi connectivity index (χ0v) is 13.2. The van der Waals surface area contributed by atoms with E-state index in [2.05, 4.69) is 16.2 Å². The van der Waals surface area contributed by atoms with Crippen LogP contribution in [0.1, 0.15) is 29.8 Å². The van der Waals surface area contributed by atoms with Crippen LogP contribution in [0, 0.1) is 11.7 Å². The minimum absolute atomic E-state index is 0.180. The van der Waals surface area contributed by atoms with E-state index in [-0.39, 0.29) is 17.8 Å². The molecule has 126 valence electrons. The predicted octanol–water partition coefficient (Wildman–Crippen LogP) is 2.46. The number of nitrogens with one attached hydrogen (secondary N) is 3. The van der Waals surface area contributed by atoms with Gasteiger partial charge in [-0.1, -0.05) is 0 Å². The number of hydrogen-bond acceptors (Lipinski definition) is 4. The summed E-state index contributed by atoms with van der Waals surface area (Å²) >= 11 is 0. The Hall–Kier alpha value is -2.18. The van der Waals surface area contributed by atoms with E-state index in [1.165, 1.54) is 12.1 Å². The Morgan fingerprint density at radius 3 is 2.83 bits per heavy atom. The van der Waals surface area contributed by atoms with E-state index in [0.717, 1.165) is 31.4 Å². The van der Waals surface area contributed by atoms with Gasteiger partial charge in [-0.25, -0.2) is 4.39 Å². The van der Waals surface area contributed by atoms with Gasteiger partial charge in [0.15, 0.2) is 5.76 Å². The highest BCUT2D eigenvalue weighted by molar-refractivity contribution is 5.92. The van der Waals surface area contributed by atoms with Gasteiger partial charge in [0.05, 0.1) is 0 Å². The first-order valence-electron chi connectivity index (χ1n) is 8.34. The van der Waals surface area contributed by atoms with Crippen molar-refractivity contribution in [2.24, 2.45) is 5.92 Å². The molecule has 1 amide bonds. The van der Waals surface area contributed by atoms with Crippen molar-refractivity contribution < 1.29 is 13.6 Å². The van der Waals surface area contributed by atoms with Crippen molar-refractivity contribution in [1.29, 1.82) is 0 Å². The number of hydrogen-bond donors (Lipinski definition) is 3. The highest BCUT2D eigenvalue weighted by atomic mass is 19.1. The summed E-state index contributed by atoms with van der Waals surface area (Å²) in [5, 5.41) is 3.07. The smallest absolute Gasteiger partial charge is 0.287 e. The lowest BCUT2D eigenvalue weighted by atomic mass is 9.83. The van der Waals surface area contributed by atoms with E-state index < -0.39 is 0 Å². The minimum Gasteiger partial charge on any atom is -0.451 e. The number of furan rings is 1. The molecular formula is C18H20FN3O2. The molecule has 2 aromatic rings. The average Bonchev–Trinajstić information content (AvgIpc) is 3.24. The number of benzene rings is 1. The third kappa shape index (κ3) is 3.07. The van der Waals surface area contributed by atoms with Crippen molar-refractivity contribution in [1.82, 2.24) is 16.2 Å². The maximum atomic E-state index is 13.0. The van der Waals surface area contributed by atoms with E-state index in [4.69, 9.17) is 4.42 Å². The molecular weight excluding hydrogens is 309 g/mol. The van der Waals surface area contributed by atoms with Crippen molar-refractivity contribution in [3.63, 3.8) is 0 Å². The first kappa shape index (κ1) is 15.4. The van der Waals surface area contributed by atoms with E-state index in [0.29, 0.717) is 23.5 Å². The molecule has 2 aliphatic rings. The summed E-state index contributed by atoms with van der Waals surface area (Å²) in [5.41, 5.74) is 7.22. The molecule has 0 bridgehead atoms. The van der Waals surface area contributed by atoms with Crippen molar-refractivity contribution in [3.05, 3.63) is 48.0 Å². The molecule has 5 nitrogen and oxygen atoms in total. The molecule has 0 radical (unpaired) electrons. The van der Waals surface area contributed by atoms with Gasteiger partial charge in [0.2, 0.25) is 0 Å². The van der Waals surface area contributed by atoms with Gasteiger partial charge in [-0.15, -0.1) is 0 Å². The van der Waals surface area contributed by atoms with Gasteiger partial charge < -0.3 is 9.73 Å². The first-order chi connectivity index (χ1) is 11.7. The minimum atomic E-state index is -0.297. The number of carbonyl (C=O) groups is 1. The van der Waals surface area contributed by atoms with Crippen LogP contribution < -0.4 is 16.2 Å². The van der Waals surface area contributed by atoms with Crippen LogP contribution >= 0.6 is 0 Å². The normalized spacial score (nSPS) is 26.1. The summed E-state index contributed by atoms with van der Waals surface area (Å²) in [5.74, 6) is 0.933. The topological polar surface area (TPSA) is 66.3 Å². The second-order valence-corrected chi connectivity index (χ2v) is 6.55. The van der Waals surface area contributed by atoms with Crippen LogP contribution in [0.5, 0.6) is 0 Å². The number of rotatable bonds is 3. The number of carbonyl (C=O) groups excluding carboxylic acids is 1. The Labute approximate surface area is 139 Å². The van der Waals surface area contributed by atoms with Crippen molar-refractivity contribution in [2.75, 3.05) is 6.54 Å². The number of fused-ring (bicyclic) bond motifs is 1. The zero-order valence-electron chi connectivity index (χ0n) is 13.2. The van der Waals surface area contributed by atoms with Crippen LogP contribution in [0.4, 0.5) is 4.39 Å². The maximum absolute atomic E-state index is 13.0. The third-order valence-corrected chi connectivity index (χ3v) is 4.93. The number of halogens is 1.